The molecule has 7 heteroatoms. The van der Waals surface area contributed by atoms with E-state index in [4.69, 9.17) is 0 Å². The minimum Gasteiger partial charge on any atom is -0.508 e. The Morgan fingerprint density at radius 3 is 2.69 bits per heavy atom. The van der Waals surface area contributed by atoms with Gasteiger partial charge in [0.2, 0.25) is 5.78 Å². The van der Waals surface area contributed by atoms with Crippen LogP contribution in [0.4, 0.5) is 11.4 Å². The van der Waals surface area contributed by atoms with E-state index in [1.165, 1.54) is 23.9 Å². The van der Waals surface area contributed by atoms with Crippen molar-refractivity contribution in [2.45, 2.75) is 25.2 Å². The van der Waals surface area contributed by atoms with Crippen molar-refractivity contribution in [3.63, 3.8) is 0 Å². The molecule has 0 aromatic heterocycles. The van der Waals surface area contributed by atoms with Crippen LogP contribution in [0.1, 0.15) is 20.3 Å². The fraction of sp³-hybridized carbons (Fsp3) is 0.227. The number of allylic oxidation sites excluding steroid dienone is 2. The first-order valence-corrected chi connectivity index (χ1v) is 10.0. The second kappa shape index (κ2) is 7.08. The van der Waals surface area contributed by atoms with Gasteiger partial charge in [0.25, 0.3) is 5.91 Å². The molecule has 1 aliphatic heterocycles. The van der Waals surface area contributed by atoms with Crippen molar-refractivity contribution in [1.82, 2.24) is 0 Å². The molecule has 1 atom stereocenters. The molecule has 1 heterocycles. The lowest BCUT2D eigenvalue weighted by Crippen LogP contribution is -2.46. The monoisotopic (exact) mass is 408 g/mol. The minimum absolute atomic E-state index is 0.0255. The molecule has 148 valence electrons. The standard InChI is InChI=1S/C22H20N2O4S/c1-22(2)11-15-20(29-16-9-4-3-8-14(16)24-15)18(26)17(22)19(27)21(28)23-12-6-5-7-13(25)10-12/h3-10,17,24-25H,11H2,1-2H3,(H,23,28)/t17-/m1/s1. The van der Waals surface area contributed by atoms with E-state index in [1.807, 2.05) is 38.1 Å². The molecular weight excluding hydrogens is 388 g/mol. The Labute approximate surface area is 172 Å². The maximum absolute atomic E-state index is 13.3. The van der Waals surface area contributed by atoms with Gasteiger partial charge in [0.1, 0.15) is 5.75 Å². The van der Waals surface area contributed by atoms with E-state index in [-0.39, 0.29) is 11.5 Å². The lowest BCUT2D eigenvalue weighted by Gasteiger charge is -2.40. The lowest BCUT2D eigenvalue weighted by atomic mass is 9.67. The minimum atomic E-state index is -1.07. The lowest BCUT2D eigenvalue weighted by molar-refractivity contribution is -0.144. The first-order valence-electron chi connectivity index (χ1n) is 9.22. The van der Waals surface area contributed by atoms with E-state index < -0.39 is 23.0 Å². The Balaban J connectivity index is 1.61. The SMILES string of the molecule is CC1(C)CC2=C(Sc3ccccc3N2)C(=O)[C@@H]1C(=O)C(=O)Nc1cccc(O)c1. The van der Waals surface area contributed by atoms with Crippen LogP contribution in [0.2, 0.25) is 0 Å². The van der Waals surface area contributed by atoms with Gasteiger partial charge in [0.15, 0.2) is 5.78 Å². The highest BCUT2D eigenvalue weighted by Gasteiger charge is 2.49. The molecular formula is C22H20N2O4S. The highest BCUT2D eigenvalue weighted by molar-refractivity contribution is 8.04. The second-order valence-corrected chi connectivity index (χ2v) is 8.91. The van der Waals surface area contributed by atoms with Gasteiger partial charge in [-0.1, -0.05) is 43.8 Å². The molecule has 2 aromatic carbocycles. The molecule has 29 heavy (non-hydrogen) atoms. The summed E-state index contributed by atoms with van der Waals surface area (Å²) < 4.78 is 0. The maximum Gasteiger partial charge on any atom is 0.292 e. The Hall–Kier alpha value is -3.06. The molecule has 1 aliphatic carbocycles. The van der Waals surface area contributed by atoms with E-state index in [2.05, 4.69) is 10.6 Å². The zero-order valence-electron chi connectivity index (χ0n) is 16.0. The highest BCUT2D eigenvalue weighted by atomic mass is 32.2. The van der Waals surface area contributed by atoms with Crippen LogP contribution in [0.3, 0.4) is 0 Å². The van der Waals surface area contributed by atoms with Crippen molar-refractivity contribution in [2.24, 2.45) is 11.3 Å². The molecule has 2 aliphatic rings. The molecule has 0 radical (unpaired) electrons. The van der Waals surface area contributed by atoms with Crippen molar-refractivity contribution in [3.05, 3.63) is 59.1 Å². The third-order valence-corrected chi connectivity index (χ3v) is 6.38. The van der Waals surface area contributed by atoms with Gasteiger partial charge in [-0.05, 0) is 36.1 Å². The number of para-hydroxylation sites is 1. The number of Topliss-reactive ketones (excluding diaryl/α,β-unsaturated/α-hetero) is 2. The summed E-state index contributed by atoms with van der Waals surface area (Å²) in [5, 5.41) is 15.3. The largest absolute Gasteiger partial charge is 0.508 e. The fourth-order valence-electron chi connectivity index (χ4n) is 3.80. The van der Waals surface area contributed by atoms with Crippen molar-refractivity contribution in [1.29, 1.82) is 0 Å². The molecule has 0 saturated heterocycles. The number of nitrogens with one attached hydrogen (secondary N) is 2. The molecule has 4 rings (SSSR count). The van der Waals surface area contributed by atoms with Gasteiger partial charge in [0, 0.05) is 22.3 Å². The van der Waals surface area contributed by atoms with Crippen LogP contribution in [-0.2, 0) is 14.4 Å². The first kappa shape index (κ1) is 19.3. The van der Waals surface area contributed by atoms with Crippen LogP contribution in [0.5, 0.6) is 5.75 Å². The number of benzene rings is 2. The number of phenols is 1. The van der Waals surface area contributed by atoms with Crippen molar-refractivity contribution >= 4 is 40.6 Å². The average Bonchev–Trinajstić information content (AvgIpc) is 2.66. The van der Waals surface area contributed by atoms with Crippen molar-refractivity contribution in [3.8, 4) is 5.75 Å². The topological polar surface area (TPSA) is 95.5 Å². The van der Waals surface area contributed by atoms with Crippen LogP contribution in [0.15, 0.2) is 64.0 Å². The third kappa shape index (κ3) is 3.53. The summed E-state index contributed by atoms with van der Waals surface area (Å²) in [4.78, 5) is 40.2. The normalized spacial score (nSPS) is 19.7. The van der Waals surface area contributed by atoms with Gasteiger partial charge in [-0.15, -0.1) is 0 Å². The molecule has 3 N–H and O–H groups in total. The summed E-state index contributed by atoms with van der Waals surface area (Å²) in [6.45, 7) is 3.65. The quantitative estimate of drug-likeness (QED) is 0.526. The molecule has 0 unspecified atom stereocenters. The van der Waals surface area contributed by atoms with Gasteiger partial charge in [-0.3, -0.25) is 14.4 Å². The number of fused-ring (bicyclic) bond motifs is 1. The van der Waals surface area contributed by atoms with Gasteiger partial charge in [-0.2, -0.15) is 0 Å². The van der Waals surface area contributed by atoms with Gasteiger partial charge < -0.3 is 15.7 Å². The third-order valence-electron chi connectivity index (χ3n) is 5.15. The van der Waals surface area contributed by atoms with Crippen molar-refractivity contribution < 1.29 is 19.5 Å². The second-order valence-electron chi connectivity index (χ2n) is 7.86. The molecule has 0 saturated carbocycles. The molecule has 0 fully saturated rings. The van der Waals surface area contributed by atoms with Crippen LogP contribution >= 0.6 is 11.8 Å². The van der Waals surface area contributed by atoms with Crippen LogP contribution in [-0.4, -0.2) is 22.6 Å². The van der Waals surface area contributed by atoms with Gasteiger partial charge in [0.05, 0.1) is 16.5 Å². The number of hydrogen-bond donors (Lipinski definition) is 3. The van der Waals surface area contributed by atoms with Gasteiger partial charge in [-0.25, -0.2) is 0 Å². The van der Waals surface area contributed by atoms with E-state index in [9.17, 15) is 19.5 Å². The average molecular weight is 408 g/mol. The Bertz CT molecular complexity index is 1070. The Kier molecular flexibility index (Phi) is 4.70. The molecule has 0 spiro atoms. The van der Waals surface area contributed by atoms with Crippen molar-refractivity contribution in [2.75, 3.05) is 10.6 Å². The Morgan fingerprint density at radius 2 is 1.93 bits per heavy atom. The number of amides is 1. The fourth-order valence-corrected chi connectivity index (χ4v) is 4.86. The first-order chi connectivity index (χ1) is 13.8. The van der Waals surface area contributed by atoms with E-state index in [0.29, 0.717) is 17.0 Å². The predicted molar refractivity (Wildman–Crippen MR) is 112 cm³/mol. The summed E-state index contributed by atoms with van der Waals surface area (Å²) in [7, 11) is 0. The number of ketones is 2. The molecule has 6 nitrogen and oxygen atoms in total. The number of hydrogen-bond acceptors (Lipinski definition) is 6. The zero-order valence-corrected chi connectivity index (χ0v) is 16.8. The number of carbonyl (C=O) groups is 3. The predicted octanol–water partition coefficient (Wildman–Crippen LogP) is 3.94. The number of carbonyl (C=O) groups excluding carboxylic acids is 3. The van der Waals surface area contributed by atoms with E-state index in [1.54, 1.807) is 12.1 Å². The molecule has 2 aromatic rings. The summed E-state index contributed by atoms with van der Waals surface area (Å²) in [5.74, 6) is -3.06. The summed E-state index contributed by atoms with van der Waals surface area (Å²) in [6, 6.07) is 13.6. The number of thioether (sulfide) groups is 1. The summed E-state index contributed by atoms with van der Waals surface area (Å²) in [5.41, 5.74) is 1.31. The molecule has 1 amide bonds. The van der Waals surface area contributed by atoms with E-state index >= 15 is 0 Å². The number of aromatic hydroxyl groups is 1. The maximum atomic E-state index is 13.3. The smallest absolute Gasteiger partial charge is 0.292 e. The number of anilines is 2. The molecule has 0 bridgehead atoms. The van der Waals surface area contributed by atoms with Crippen LogP contribution in [0, 0.1) is 11.3 Å². The summed E-state index contributed by atoms with van der Waals surface area (Å²) >= 11 is 1.34. The van der Waals surface area contributed by atoms with E-state index in [0.717, 1.165) is 16.3 Å². The highest BCUT2D eigenvalue weighted by Crippen LogP contribution is 2.50. The van der Waals surface area contributed by atoms with Crippen LogP contribution < -0.4 is 10.6 Å². The Morgan fingerprint density at radius 1 is 1.17 bits per heavy atom. The van der Waals surface area contributed by atoms with Crippen LogP contribution in [0.25, 0.3) is 0 Å². The van der Waals surface area contributed by atoms with Gasteiger partial charge >= 0.3 is 0 Å². The number of phenolic OH excluding ortho intramolecular Hbond substituents is 1. The number of rotatable bonds is 3. The summed E-state index contributed by atoms with van der Waals surface area (Å²) in [6.07, 6.45) is 0.477. The zero-order chi connectivity index (χ0) is 20.8.